The highest BCUT2D eigenvalue weighted by atomic mass is 35.5. The van der Waals surface area contributed by atoms with Crippen LogP contribution in [0.25, 0.3) is 0 Å². The van der Waals surface area contributed by atoms with Gasteiger partial charge in [0.2, 0.25) is 0 Å². The number of hydrogen-bond donors (Lipinski definition) is 0. The second-order valence-electron chi connectivity index (χ2n) is 3.54. The van der Waals surface area contributed by atoms with Gasteiger partial charge in [-0.15, -0.1) is 11.6 Å². The summed E-state index contributed by atoms with van der Waals surface area (Å²) >= 11 is 5.76. The Balaban J connectivity index is 1.76. The first-order valence-electron chi connectivity index (χ1n) is 4.85. The maximum absolute atomic E-state index is 11.4. The number of ether oxygens (including phenoxy) is 1. The zero-order valence-electron chi connectivity index (χ0n) is 8.23. The van der Waals surface area contributed by atoms with Crippen LogP contribution in [0.2, 0.25) is 0 Å². The van der Waals surface area contributed by atoms with Gasteiger partial charge in [0.05, 0.1) is 5.38 Å². The molecule has 1 aliphatic heterocycles. The van der Waals surface area contributed by atoms with Crippen LogP contribution in [0.1, 0.15) is 5.56 Å². The van der Waals surface area contributed by atoms with Gasteiger partial charge < -0.3 is 9.64 Å². The first-order chi connectivity index (χ1) is 7.25. The van der Waals surface area contributed by atoms with E-state index in [0.717, 1.165) is 5.56 Å². The molecule has 1 fully saturated rings. The average molecular weight is 226 g/mol. The van der Waals surface area contributed by atoms with Crippen molar-refractivity contribution >= 4 is 17.7 Å². The van der Waals surface area contributed by atoms with Crippen LogP contribution in [0.3, 0.4) is 0 Å². The second kappa shape index (κ2) is 4.53. The summed E-state index contributed by atoms with van der Waals surface area (Å²) in [5, 5.41) is 0.0919. The molecule has 0 saturated carbocycles. The van der Waals surface area contributed by atoms with Crippen LogP contribution < -0.4 is 0 Å². The second-order valence-corrected chi connectivity index (χ2v) is 4.16. The summed E-state index contributed by atoms with van der Waals surface area (Å²) in [7, 11) is 0. The zero-order valence-corrected chi connectivity index (χ0v) is 8.98. The molecule has 15 heavy (non-hydrogen) atoms. The fourth-order valence-corrected chi connectivity index (χ4v) is 1.72. The predicted molar refractivity (Wildman–Crippen MR) is 57.8 cm³/mol. The third-order valence-electron chi connectivity index (χ3n) is 2.30. The molecule has 0 atom stereocenters. The van der Waals surface area contributed by atoms with Crippen LogP contribution in [-0.2, 0) is 11.3 Å². The van der Waals surface area contributed by atoms with Crippen molar-refractivity contribution in [1.29, 1.82) is 0 Å². The van der Waals surface area contributed by atoms with Crippen LogP contribution in [0.4, 0.5) is 4.79 Å². The third kappa shape index (κ3) is 2.63. The van der Waals surface area contributed by atoms with Crippen LogP contribution >= 0.6 is 11.6 Å². The maximum Gasteiger partial charge on any atom is 0.410 e. The van der Waals surface area contributed by atoms with Crippen molar-refractivity contribution in [3.05, 3.63) is 35.9 Å². The summed E-state index contributed by atoms with van der Waals surface area (Å²) < 4.78 is 5.11. The fourth-order valence-electron chi connectivity index (χ4n) is 1.38. The van der Waals surface area contributed by atoms with Crippen molar-refractivity contribution < 1.29 is 9.53 Å². The quantitative estimate of drug-likeness (QED) is 0.723. The molecule has 0 unspecified atom stereocenters. The summed E-state index contributed by atoms with van der Waals surface area (Å²) in [6, 6.07) is 9.61. The van der Waals surface area contributed by atoms with Crippen molar-refractivity contribution in [2.75, 3.05) is 13.1 Å². The smallest absolute Gasteiger partial charge is 0.410 e. The number of alkyl halides is 1. The monoisotopic (exact) mass is 225 g/mol. The number of amides is 1. The Bertz CT molecular complexity index is 336. The van der Waals surface area contributed by atoms with Crippen LogP contribution in [0, 0.1) is 0 Å². The van der Waals surface area contributed by atoms with Gasteiger partial charge in [-0.05, 0) is 5.56 Å². The summed E-state index contributed by atoms with van der Waals surface area (Å²) in [4.78, 5) is 13.0. The van der Waals surface area contributed by atoms with Gasteiger partial charge in [0.1, 0.15) is 6.61 Å². The molecule has 0 bridgehead atoms. The van der Waals surface area contributed by atoms with E-state index in [2.05, 4.69) is 0 Å². The minimum atomic E-state index is -0.282. The topological polar surface area (TPSA) is 29.5 Å². The highest BCUT2D eigenvalue weighted by molar-refractivity contribution is 6.21. The number of nitrogens with zero attached hydrogens (tertiary/aromatic N) is 1. The lowest BCUT2D eigenvalue weighted by atomic mass is 10.2. The highest BCUT2D eigenvalue weighted by Gasteiger charge is 2.29. The third-order valence-corrected chi connectivity index (χ3v) is 2.58. The summed E-state index contributed by atoms with van der Waals surface area (Å²) in [5.74, 6) is 0. The molecule has 1 amide bonds. The van der Waals surface area contributed by atoms with Gasteiger partial charge in [-0.2, -0.15) is 0 Å². The van der Waals surface area contributed by atoms with Crippen molar-refractivity contribution in [3.63, 3.8) is 0 Å². The van der Waals surface area contributed by atoms with Crippen molar-refractivity contribution in [3.8, 4) is 0 Å². The molecule has 3 nitrogen and oxygen atoms in total. The molecule has 1 heterocycles. The van der Waals surface area contributed by atoms with Gasteiger partial charge in [0.25, 0.3) is 0 Å². The van der Waals surface area contributed by atoms with E-state index in [1.165, 1.54) is 0 Å². The van der Waals surface area contributed by atoms with E-state index in [1.54, 1.807) is 4.90 Å². The van der Waals surface area contributed by atoms with Crippen molar-refractivity contribution in [2.45, 2.75) is 12.0 Å². The van der Waals surface area contributed by atoms with E-state index >= 15 is 0 Å². The molecule has 0 radical (unpaired) electrons. The number of hydrogen-bond acceptors (Lipinski definition) is 2. The molecule has 4 heteroatoms. The zero-order chi connectivity index (χ0) is 10.7. The molecule has 1 aromatic carbocycles. The number of rotatable bonds is 2. The summed E-state index contributed by atoms with van der Waals surface area (Å²) in [6.07, 6.45) is -0.282. The first-order valence-corrected chi connectivity index (χ1v) is 5.29. The summed E-state index contributed by atoms with van der Waals surface area (Å²) in [6.45, 7) is 1.51. The molecular formula is C11H12ClNO2. The number of benzene rings is 1. The SMILES string of the molecule is O=C(OCc1ccccc1)N1CC(Cl)C1. The normalized spacial score (nSPS) is 15.9. The van der Waals surface area contributed by atoms with Crippen LogP contribution in [0.15, 0.2) is 30.3 Å². The lowest BCUT2D eigenvalue weighted by Gasteiger charge is -2.34. The first kappa shape index (κ1) is 10.3. The van der Waals surface area contributed by atoms with Crippen molar-refractivity contribution in [1.82, 2.24) is 4.90 Å². The number of halogens is 1. The van der Waals surface area contributed by atoms with E-state index < -0.39 is 0 Å². The van der Waals surface area contributed by atoms with Gasteiger partial charge in [0, 0.05) is 13.1 Å². The van der Waals surface area contributed by atoms with Crippen LogP contribution in [-0.4, -0.2) is 29.5 Å². The highest BCUT2D eigenvalue weighted by Crippen LogP contribution is 2.15. The largest absolute Gasteiger partial charge is 0.445 e. The van der Waals surface area contributed by atoms with Crippen LogP contribution in [0.5, 0.6) is 0 Å². The molecule has 1 aromatic rings. The lowest BCUT2D eigenvalue weighted by molar-refractivity contribution is 0.0770. The Morgan fingerprint density at radius 1 is 1.40 bits per heavy atom. The minimum Gasteiger partial charge on any atom is -0.445 e. The Kier molecular flexibility index (Phi) is 3.11. The molecule has 1 aliphatic rings. The number of carbonyl (C=O) groups excluding carboxylic acids is 1. The van der Waals surface area contributed by atoms with Gasteiger partial charge in [-0.1, -0.05) is 30.3 Å². The fraction of sp³-hybridized carbons (Fsp3) is 0.364. The molecule has 0 spiro atoms. The summed E-state index contributed by atoms with van der Waals surface area (Å²) in [5.41, 5.74) is 0.994. The lowest BCUT2D eigenvalue weighted by Crippen LogP contribution is -2.51. The van der Waals surface area contributed by atoms with Gasteiger partial charge in [-0.25, -0.2) is 4.79 Å². The van der Waals surface area contributed by atoms with E-state index in [0.29, 0.717) is 19.7 Å². The van der Waals surface area contributed by atoms with E-state index in [9.17, 15) is 4.79 Å². The minimum absolute atomic E-state index is 0.0919. The van der Waals surface area contributed by atoms with Gasteiger partial charge >= 0.3 is 6.09 Å². The Labute approximate surface area is 93.6 Å². The van der Waals surface area contributed by atoms with E-state index in [1.807, 2.05) is 30.3 Å². The van der Waals surface area contributed by atoms with Crippen molar-refractivity contribution in [2.24, 2.45) is 0 Å². The Hall–Kier alpha value is -1.22. The molecule has 0 N–H and O–H groups in total. The standard InChI is InChI=1S/C11H12ClNO2/c12-10-6-13(7-10)11(14)15-8-9-4-2-1-3-5-9/h1-5,10H,6-8H2. The molecular weight excluding hydrogens is 214 g/mol. The Morgan fingerprint density at radius 3 is 2.67 bits per heavy atom. The van der Waals surface area contributed by atoms with E-state index in [4.69, 9.17) is 16.3 Å². The Morgan fingerprint density at radius 2 is 2.07 bits per heavy atom. The predicted octanol–water partition coefficient (Wildman–Crippen LogP) is 2.25. The number of carbonyl (C=O) groups is 1. The molecule has 1 saturated heterocycles. The molecule has 2 rings (SSSR count). The molecule has 80 valence electrons. The average Bonchev–Trinajstić information content (AvgIpc) is 2.23. The maximum atomic E-state index is 11.4. The van der Waals surface area contributed by atoms with Gasteiger partial charge in [-0.3, -0.25) is 0 Å². The van der Waals surface area contributed by atoms with Gasteiger partial charge in [0.15, 0.2) is 0 Å². The molecule has 0 aliphatic carbocycles. The number of likely N-dealkylation sites (tertiary alicyclic amines) is 1. The van der Waals surface area contributed by atoms with E-state index in [-0.39, 0.29) is 11.5 Å². The molecule has 0 aromatic heterocycles.